The Hall–Kier alpha value is -0.240. The Bertz CT molecular complexity index is 303. The van der Waals surface area contributed by atoms with Gasteiger partial charge < -0.3 is 5.73 Å². The fourth-order valence-electron chi connectivity index (χ4n) is 1.47. The molecule has 0 spiro atoms. The van der Waals surface area contributed by atoms with Crippen LogP contribution in [0.1, 0.15) is 38.3 Å². The van der Waals surface area contributed by atoms with Crippen molar-refractivity contribution < 1.29 is 0 Å². The van der Waals surface area contributed by atoms with Gasteiger partial charge in [-0.1, -0.05) is 37.0 Å². The molecule has 0 aromatic heterocycles. The van der Waals surface area contributed by atoms with E-state index in [4.69, 9.17) is 28.9 Å². The average Bonchev–Trinajstić information content (AvgIpc) is 2.12. The largest absolute Gasteiger partial charge is 0.324 e. The van der Waals surface area contributed by atoms with E-state index in [0.717, 1.165) is 18.4 Å². The number of benzene rings is 1. The van der Waals surface area contributed by atoms with Crippen LogP contribution in [-0.2, 0) is 0 Å². The molecule has 0 fully saturated rings. The van der Waals surface area contributed by atoms with Crippen LogP contribution < -0.4 is 5.73 Å². The summed E-state index contributed by atoms with van der Waals surface area (Å²) < 4.78 is 0. The first kappa shape index (κ1) is 12.8. The smallest absolute Gasteiger partial charge is 0.0424 e. The van der Waals surface area contributed by atoms with E-state index in [0.29, 0.717) is 16.0 Å². The average molecular weight is 246 g/mol. The maximum atomic E-state index is 6.06. The molecule has 0 radical (unpaired) electrons. The molecule has 3 heteroatoms. The molecule has 0 aliphatic rings. The zero-order valence-corrected chi connectivity index (χ0v) is 10.6. The van der Waals surface area contributed by atoms with Crippen LogP contribution in [0.25, 0.3) is 0 Å². The van der Waals surface area contributed by atoms with E-state index >= 15 is 0 Å². The minimum absolute atomic E-state index is 0.0311. The molecule has 1 aromatic rings. The molecule has 0 unspecified atom stereocenters. The third-order valence-electron chi connectivity index (χ3n) is 2.37. The van der Waals surface area contributed by atoms with E-state index in [-0.39, 0.29) is 6.04 Å². The molecule has 1 nitrogen and oxygen atoms in total. The minimum atomic E-state index is 0.0311. The number of nitrogens with two attached hydrogens (primary N) is 1. The Morgan fingerprint density at radius 1 is 1.07 bits per heavy atom. The number of hydrogen-bond acceptors (Lipinski definition) is 1. The number of hydrogen-bond donors (Lipinski definition) is 1. The summed E-state index contributed by atoms with van der Waals surface area (Å²) in [6.45, 7) is 4.38. The van der Waals surface area contributed by atoms with Crippen LogP contribution >= 0.6 is 23.2 Å². The first-order valence-electron chi connectivity index (χ1n) is 5.20. The van der Waals surface area contributed by atoms with Gasteiger partial charge in [-0.05, 0) is 42.5 Å². The maximum Gasteiger partial charge on any atom is 0.0424 e. The van der Waals surface area contributed by atoms with Gasteiger partial charge in [-0.3, -0.25) is 0 Å². The zero-order valence-electron chi connectivity index (χ0n) is 9.13. The molecule has 0 saturated carbocycles. The summed E-state index contributed by atoms with van der Waals surface area (Å²) in [6, 6.07) is 5.53. The predicted octanol–water partition coefficient (Wildman–Crippen LogP) is 4.43. The van der Waals surface area contributed by atoms with Crippen molar-refractivity contribution in [1.82, 2.24) is 0 Å². The van der Waals surface area contributed by atoms with Crippen molar-refractivity contribution in [1.29, 1.82) is 0 Å². The van der Waals surface area contributed by atoms with Crippen LogP contribution in [0.2, 0.25) is 10.0 Å². The van der Waals surface area contributed by atoms with Gasteiger partial charge in [-0.25, -0.2) is 0 Å². The second-order valence-electron chi connectivity index (χ2n) is 4.28. The van der Waals surface area contributed by atoms with Crippen LogP contribution in [0, 0.1) is 5.92 Å². The molecule has 1 rings (SSSR count). The van der Waals surface area contributed by atoms with Crippen LogP contribution in [-0.4, -0.2) is 0 Å². The van der Waals surface area contributed by atoms with Crippen LogP contribution in [0.15, 0.2) is 18.2 Å². The molecule has 0 aliphatic carbocycles. The molecular weight excluding hydrogens is 229 g/mol. The van der Waals surface area contributed by atoms with Crippen molar-refractivity contribution in [3.63, 3.8) is 0 Å². The van der Waals surface area contributed by atoms with Crippen molar-refractivity contribution >= 4 is 23.2 Å². The maximum absolute atomic E-state index is 6.06. The Morgan fingerprint density at radius 3 is 2.07 bits per heavy atom. The zero-order chi connectivity index (χ0) is 11.4. The summed E-state index contributed by atoms with van der Waals surface area (Å²) in [5, 5.41) is 1.30. The summed E-state index contributed by atoms with van der Waals surface area (Å²) >= 11 is 11.8. The normalized spacial score (nSPS) is 13.2. The quantitative estimate of drug-likeness (QED) is 0.835. The summed E-state index contributed by atoms with van der Waals surface area (Å²) in [7, 11) is 0. The predicted molar refractivity (Wildman–Crippen MR) is 67.5 cm³/mol. The molecular formula is C12H17Cl2N. The van der Waals surface area contributed by atoms with Gasteiger partial charge in [0.05, 0.1) is 0 Å². The SMILES string of the molecule is CC(C)CC[C@H](N)c1cc(Cl)cc(Cl)c1. The number of halogens is 2. The lowest BCUT2D eigenvalue weighted by Gasteiger charge is -2.14. The number of rotatable bonds is 4. The first-order valence-corrected chi connectivity index (χ1v) is 5.96. The van der Waals surface area contributed by atoms with E-state index < -0.39 is 0 Å². The van der Waals surface area contributed by atoms with Crippen molar-refractivity contribution in [3.05, 3.63) is 33.8 Å². The van der Waals surface area contributed by atoms with Crippen LogP contribution in [0.3, 0.4) is 0 Å². The van der Waals surface area contributed by atoms with Gasteiger partial charge in [0.15, 0.2) is 0 Å². The Labute approximate surface area is 102 Å². The molecule has 15 heavy (non-hydrogen) atoms. The summed E-state index contributed by atoms with van der Waals surface area (Å²) in [5.74, 6) is 0.672. The Morgan fingerprint density at radius 2 is 1.60 bits per heavy atom. The van der Waals surface area contributed by atoms with Gasteiger partial charge >= 0.3 is 0 Å². The molecule has 0 amide bonds. The lowest BCUT2D eigenvalue weighted by atomic mass is 9.98. The van der Waals surface area contributed by atoms with Crippen molar-refractivity contribution in [2.75, 3.05) is 0 Å². The Balaban J connectivity index is 2.68. The highest BCUT2D eigenvalue weighted by molar-refractivity contribution is 6.34. The highest BCUT2D eigenvalue weighted by atomic mass is 35.5. The van der Waals surface area contributed by atoms with Gasteiger partial charge in [0.2, 0.25) is 0 Å². The standard InChI is InChI=1S/C12H17Cl2N/c1-8(2)3-4-12(15)9-5-10(13)7-11(14)6-9/h5-8,12H,3-4,15H2,1-2H3/t12-/m0/s1. The lowest BCUT2D eigenvalue weighted by Crippen LogP contribution is -2.11. The van der Waals surface area contributed by atoms with E-state index in [1.54, 1.807) is 6.07 Å². The third-order valence-corrected chi connectivity index (χ3v) is 2.80. The van der Waals surface area contributed by atoms with Gasteiger partial charge in [0.1, 0.15) is 0 Å². The van der Waals surface area contributed by atoms with Gasteiger partial charge in [0, 0.05) is 16.1 Å². The van der Waals surface area contributed by atoms with E-state index in [9.17, 15) is 0 Å². The molecule has 0 bridgehead atoms. The topological polar surface area (TPSA) is 26.0 Å². The molecule has 0 heterocycles. The highest BCUT2D eigenvalue weighted by Gasteiger charge is 2.08. The van der Waals surface area contributed by atoms with E-state index in [1.165, 1.54) is 0 Å². The molecule has 0 saturated heterocycles. The molecule has 2 N–H and O–H groups in total. The van der Waals surface area contributed by atoms with Crippen molar-refractivity contribution in [2.24, 2.45) is 11.7 Å². The molecule has 0 aliphatic heterocycles. The monoisotopic (exact) mass is 245 g/mol. The second kappa shape index (κ2) is 5.74. The van der Waals surface area contributed by atoms with E-state index in [1.807, 2.05) is 12.1 Å². The second-order valence-corrected chi connectivity index (χ2v) is 5.15. The van der Waals surface area contributed by atoms with Crippen LogP contribution in [0.4, 0.5) is 0 Å². The summed E-state index contributed by atoms with van der Waals surface area (Å²) in [6.07, 6.45) is 2.08. The molecule has 84 valence electrons. The fraction of sp³-hybridized carbons (Fsp3) is 0.500. The third kappa shape index (κ3) is 4.42. The Kier molecular flexibility index (Phi) is 4.91. The van der Waals surface area contributed by atoms with Gasteiger partial charge in [0.25, 0.3) is 0 Å². The van der Waals surface area contributed by atoms with Gasteiger partial charge in [-0.2, -0.15) is 0 Å². The van der Waals surface area contributed by atoms with E-state index in [2.05, 4.69) is 13.8 Å². The molecule has 1 aromatic carbocycles. The van der Waals surface area contributed by atoms with Crippen molar-refractivity contribution in [3.8, 4) is 0 Å². The highest BCUT2D eigenvalue weighted by Crippen LogP contribution is 2.25. The van der Waals surface area contributed by atoms with Crippen LogP contribution in [0.5, 0.6) is 0 Å². The minimum Gasteiger partial charge on any atom is -0.324 e. The lowest BCUT2D eigenvalue weighted by molar-refractivity contribution is 0.507. The fourth-order valence-corrected chi connectivity index (χ4v) is 2.01. The van der Waals surface area contributed by atoms with Gasteiger partial charge in [-0.15, -0.1) is 0 Å². The summed E-state index contributed by atoms with van der Waals surface area (Å²) in [4.78, 5) is 0. The first-order chi connectivity index (χ1) is 6.99. The van der Waals surface area contributed by atoms with Crippen molar-refractivity contribution in [2.45, 2.75) is 32.7 Å². The molecule has 1 atom stereocenters. The summed E-state index contributed by atoms with van der Waals surface area (Å²) in [5.41, 5.74) is 7.09.